The molecule has 3 aliphatic rings. The molecule has 3 aliphatic heterocycles. The summed E-state index contributed by atoms with van der Waals surface area (Å²) in [4.78, 5) is 20.0. The fourth-order valence-corrected chi connectivity index (χ4v) is 4.33. The second kappa shape index (κ2) is 6.86. The lowest BCUT2D eigenvalue weighted by molar-refractivity contribution is -0.152. The first-order valence-corrected chi connectivity index (χ1v) is 9.14. The molecule has 0 saturated carbocycles. The molecule has 4 heterocycles. The highest BCUT2D eigenvalue weighted by molar-refractivity contribution is 5.92. The Balaban J connectivity index is 1.33. The van der Waals surface area contributed by atoms with Gasteiger partial charge in [-0.15, -0.1) is 0 Å². The number of piperazine rings is 1. The van der Waals surface area contributed by atoms with Gasteiger partial charge in [-0.3, -0.25) is 9.69 Å². The second-order valence-electron chi connectivity index (χ2n) is 7.20. The molecule has 0 aromatic carbocycles. The Labute approximate surface area is 143 Å². The van der Waals surface area contributed by atoms with Crippen LogP contribution in [0.1, 0.15) is 36.2 Å². The van der Waals surface area contributed by atoms with Crippen molar-refractivity contribution >= 4 is 5.91 Å². The van der Waals surface area contributed by atoms with Gasteiger partial charge in [-0.05, 0) is 37.8 Å². The third-order valence-corrected chi connectivity index (χ3v) is 5.82. The molecule has 1 unspecified atom stereocenters. The lowest BCUT2D eigenvalue weighted by atomic mass is 9.83. The lowest BCUT2D eigenvalue weighted by Crippen LogP contribution is -2.56. The van der Waals surface area contributed by atoms with E-state index in [1.807, 2.05) is 17.0 Å². The quantitative estimate of drug-likeness (QED) is 0.891. The van der Waals surface area contributed by atoms with Crippen LogP contribution in [0, 0.1) is 0 Å². The summed E-state index contributed by atoms with van der Waals surface area (Å²) >= 11 is 0. The maximum atomic E-state index is 12.4. The van der Waals surface area contributed by atoms with Gasteiger partial charge in [0, 0.05) is 58.2 Å². The van der Waals surface area contributed by atoms with Crippen LogP contribution in [0.15, 0.2) is 18.3 Å². The van der Waals surface area contributed by atoms with E-state index in [4.69, 9.17) is 9.47 Å². The fraction of sp³-hybridized carbons (Fsp3) is 0.722. The van der Waals surface area contributed by atoms with Crippen molar-refractivity contribution in [3.05, 3.63) is 24.0 Å². The van der Waals surface area contributed by atoms with Gasteiger partial charge in [-0.25, -0.2) is 0 Å². The zero-order valence-electron chi connectivity index (χ0n) is 14.2. The number of carbonyl (C=O) groups excluding carboxylic acids is 1. The number of carbonyl (C=O) groups is 1. The minimum absolute atomic E-state index is 0.0400. The summed E-state index contributed by atoms with van der Waals surface area (Å²) in [6.45, 7) is 6.05. The van der Waals surface area contributed by atoms with Gasteiger partial charge < -0.3 is 19.4 Å². The molecule has 0 bridgehead atoms. The van der Waals surface area contributed by atoms with Gasteiger partial charge in [-0.2, -0.15) is 0 Å². The molecule has 1 atom stereocenters. The first kappa shape index (κ1) is 16.1. The molecule has 1 amide bonds. The van der Waals surface area contributed by atoms with Gasteiger partial charge in [0.25, 0.3) is 5.91 Å². The Kier molecular flexibility index (Phi) is 4.61. The zero-order chi connectivity index (χ0) is 16.4. The van der Waals surface area contributed by atoms with E-state index in [2.05, 4.69) is 9.88 Å². The molecule has 0 radical (unpaired) electrons. The number of aromatic amines is 1. The number of hydrogen-bond donors (Lipinski definition) is 1. The summed E-state index contributed by atoms with van der Waals surface area (Å²) in [5.74, 6) is 0.118. The van der Waals surface area contributed by atoms with E-state index in [-0.39, 0.29) is 11.5 Å². The number of aromatic nitrogens is 1. The van der Waals surface area contributed by atoms with Crippen molar-refractivity contribution < 1.29 is 14.3 Å². The number of amides is 1. The zero-order valence-corrected chi connectivity index (χ0v) is 14.2. The molecule has 1 aromatic heterocycles. The van der Waals surface area contributed by atoms with Crippen LogP contribution in [0.2, 0.25) is 0 Å². The molecule has 0 aliphatic carbocycles. The van der Waals surface area contributed by atoms with Crippen molar-refractivity contribution in [2.24, 2.45) is 0 Å². The predicted octanol–water partition coefficient (Wildman–Crippen LogP) is 1.50. The third kappa shape index (κ3) is 3.23. The van der Waals surface area contributed by atoms with Crippen LogP contribution in [-0.2, 0) is 9.47 Å². The molecule has 1 N–H and O–H groups in total. The topological polar surface area (TPSA) is 57.8 Å². The van der Waals surface area contributed by atoms with E-state index in [0.717, 1.165) is 71.7 Å². The number of hydrogen-bond acceptors (Lipinski definition) is 4. The number of nitrogens with zero attached hydrogens (tertiary/aromatic N) is 2. The maximum Gasteiger partial charge on any atom is 0.270 e. The summed E-state index contributed by atoms with van der Waals surface area (Å²) < 4.78 is 11.7. The van der Waals surface area contributed by atoms with Crippen LogP contribution in [0.5, 0.6) is 0 Å². The van der Waals surface area contributed by atoms with Crippen LogP contribution in [-0.4, -0.2) is 78.3 Å². The fourth-order valence-electron chi connectivity index (χ4n) is 4.33. The first-order chi connectivity index (χ1) is 11.8. The van der Waals surface area contributed by atoms with E-state index in [1.165, 1.54) is 0 Å². The van der Waals surface area contributed by atoms with Gasteiger partial charge in [0.2, 0.25) is 0 Å². The van der Waals surface area contributed by atoms with E-state index >= 15 is 0 Å². The molecular formula is C18H27N3O3. The Bertz CT molecular complexity index is 540. The summed E-state index contributed by atoms with van der Waals surface area (Å²) in [6.07, 6.45) is 6.07. The molecule has 1 aromatic rings. The molecule has 6 heteroatoms. The third-order valence-electron chi connectivity index (χ3n) is 5.82. The number of rotatable bonds is 2. The number of ether oxygens (including phenoxy) is 2. The summed E-state index contributed by atoms with van der Waals surface area (Å²) in [5, 5.41) is 0. The first-order valence-electron chi connectivity index (χ1n) is 9.14. The monoisotopic (exact) mass is 333 g/mol. The van der Waals surface area contributed by atoms with E-state index in [1.54, 1.807) is 6.20 Å². The summed E-state index contributed by atoms with van der Waals surface area (Å²) in [6, 6.07) is 4.31. The summed E-state index contributed by atoms with van der Waals surface area (Å²) in [7, 11) is 0. The Morgan fingerprint density at radius 3 is 2.67 bits per heavy atom. The SMILES string of the molecule is O=C(c1ccc[nH]1)N1CCN(C2CCOC3(CCOCC3)C2)CC1. The van der Waals surface area contributed by atoms with Crippen molar-refractivity contribution in [1.82, 2.24) is 14.8 Å². The second-order valence-corrected chi connectivity index (χ2v) is 7.20. The highest BCUT2D eigenvalue weighted by Crippen LogP contribution is 2.36. The van der Waals surface area contributed by atoms with Gasteiger partial charge in [0.1, 0.15) is 5.69 Å². The van der Waals surface area contributed by atoms with Gasteiger partial charge in [0.15, 0.2) is 0 Å². The molecule has 3 saturated heterocycles. The van der Waals surface area contributed by atoms with Crippen molar-refractivity contribution in [2.75, 3.05) is 46.0 Å². The van der Waals surface area contributed by atoms with Crippen LogP contribution < -0.4 is 0 Å². The maximum absolute atomic E-state index is 12.4. The standard InChI is InChI=1S/C18H27N3O3/c22-17(16-2-1-6-19-16)21-9-7-20(8-10-21)15-3-11-24-18(14-15)4-12-23-13-5-18/h1-2,6,15,19H,3-5,7-14H2. The van der Waals surface area contributed by atoms with E-state index < -0.39 is 0 Å². The Hall–Kier alpha value is -1.37. The van der Waals surface area contributed by atoms with Crippen LogP contribution in [0.25, 0.3) is 0 Å². The van der Waals surface area contributed by atoms with Crippen LogP contribution in [0.4, 0.5) is 0 Å². The summed E-state index contributed by atoms with van der Waals surface area (Å²) in [5.41, 5.74) is 0.730. The Morgan fingerprint density at radius 1 is 1.17 bits per heavy atom. The highest BCUT2D eigenvalue weighted by atomic mass is 16.5. The van der Waals surface area contributed by atoms with E-state index in [0.29, 0.717) is 11.7 Å². The van der Waals surface area contributed by atoms with E-state index in [9.17, 15) is 4.79 Å². The van der Waals surface area contributed by atoms with Gasteiger partial charge >= 0.3 is 0 Å². The van der Waals surface area contributed by atoms with Crippen molar-refractivity contribution in [3.8, 4) is 0 Å². The molecule has 6 nitrogen and oxygen atoms in total. The minimum Gasteiger partial charge on any atom is -0.381 e. The average molecular weight is 333 g/mol. The van der Waals surface area contributed by atoms with Crippen molar-refractivity contribution in [2.45, 2.75) is 37.3 Å². The number of nitrogens with one attached hydrogen (secondary N) is 1. The van der Waals surface area contributed by atoms with Gasteiger partial charge in [0.05, 0.1) is 5.60 Å². The molecule has 132 valence electrons. The van der Waals surface area contributed by atoms with Gasteiger partial charge in [-0.1, -0.05) is 0 Å². The van der Waals surface area contributed by atoms with Crippen LogP contribution >= 0.6 is 0 Å². The highest BCUT2D eigenvalue weighted by Gasteiger charge is 2.41. The number of H-pyrrole nitrogens is 1. The largest absolute Gasteiger partial charge is 0.381 e. The minimum atomic E-state index is 0.0400. The van der Waals surface area contributed by atoms with Crippen LogP contribution in [0.3, 0.4) is 0 Å². The molecule has 3 fully saturated rings. The molecular weight excluding hydrogens is 306 g/mol. The average Bonchev–Trinajstić information content (AvgIpc) is 3.17. The van der Waals surface area contributed by atoms with Crippen molar-refractivity contribution in [3.63, 3.8) is 0 Å². The molecule has 4 rings (SSSR count). The smallest absolute Gasteiger partial charge is 0.270 e. The lowest BCUT2D eigenvalue weighted by Gasteiger charge is -2.48. The normalized spacial score (nSPS) is 28.2. The molecule has 24 heavy (non-hydrogen) atoms. The Morgan fingerprint density at radius 2 is 1.96 bits per heavy atom. The predicted molar refractivity (Wildman–Crippen MR) is 90.0 cm³/mol. The molecule has 1 spiro atoms. The van der Waals surface area contributed by atoms with Crippen molar-refractivity contribution in [1.29, 1.82) is 0 Å².